The molecule has 0 saturated heterocycles. The van der Waals surface area contributed by atoms with E-state index in [4.69, 9.17) is 0 Å². The van der Waals surface area contributed by atoms with Crippen LogP contribution in [-0.4, -0.2) is 31.3 Å². The van der Waals surface area contributed by atoms with E-state index in [-0.39, 0.29) is 16.8 Å². The monoisotopic (exact) mass is 412 g/mol. The first-order chi connectivity index (χ1) is 13.6. The van der Waals surface area contributed by atoms with Gasteiger partial charge in [-0.15, -0.1) is 10.2 Å². The SMILES string of the molecule is CC(Sc1nnc(Nc2ccccc2)s1)C(=O)Nc1ccc2[nH]c(=O)[nH]c2c1. The summed E-state index contributed by atoms with van der Waals surface area (Å²) in [5.41, 5.74) is 2.60. The zero-order valence-electron chi connectivity index (χ0n) is 14.7. The van der Waals surface area contributed by atoms with Crippen molar-refractivity contribution in [3.05, 3.63) is 59.0 Å². The number of aromatic amines is 2. The number of carbonyl (C=O) groups excluding carboxylic acids is 1. The number of hydrogen-bond acceptors (Lipinski definition) is 7. The van der Waals surface area contributed by atoms with Gasteiger partial charge in [-0.3, -0.25) is 4.79 Å². The lowest BCUT2D eigenvalue weighted by atomic mass is 10.2. The Balaban J connectivity index is 1.38. The number of imidazole rings is 1. The zero-order valence-corrected chi connectivity index (χ0v) is 16.4. The molecule has 142 valence electrons. The number of para-hydroxylation sites is 1. The number of nitrogens with zero attached hydrogens (tertiary/aromatic N) is 2. The Labute approximate surface area is 167 Å². The molecule has 1 amide bonds. The fraction of sp³-hybridized carbons (Fsp3) is 0.111. The van der Waals surface area contributed by atoms with E-state index in [1.165, 1.54) is 23.1 Å². The number of benzene rings is 2. The molecule has 0 aliphatic rings. The predicted molar refractivity (Wildman–Crippen MR) is 113 cm³/mol. The number of amides is 1. The molecule has 2 aromatic carbocycles. The van der Waals surface area contributed by atoms with Crippen molar-refractivity contribution in [3.63, 3.8) is 0 Å². The number of fused-ring (bicyclic) bond motifs is 1. The van der Waals surface area contributed by atoms with Crippen LogP contribution in [0.5, 0.6) is 0 Å². The van der Waals surface area contributed by atoms with E-state index in [0.717, 1.165) is 5.69 Å². The minimum Gasteiger partial charge on any atom is -0.330 e. The van der Waals surface area contributed by atoms with E-state index in [1.54, 1.807) is 18.2 Å². The van der Waals surface area contributed by atoms with E-state index >= 15 is 0 Å². The Morgan fingerprint density at radius 3 is 2.68 bits per heavy atom. The van der Waals surface area contributed by atoms with E-state index < -0.39 is 0 Å². The maximum Gasteiger partial charge on any atom is 0.323 e. The molecule has 8 nitrogen and oxygen atoms in total. The number of anilines is 3. The summed E-state index contributed by atoms with van der Waals surface area (Å²) in [5.74, 6) is -0.157. The Morgan fingerprint density at radius 2 is 1.86 bits per heavy atom. The van der Waals surface area contributed by atoms with Gasteiger partial charge in [-0.05, 0) is 37.3 Å². The van der Waals surface area contributed by atoms with Gasteiger partial charge in [-0.25, -0.2) is 4.79 Å². The summed E-state index contributed by atoms with van der Waals surface area (Å²) in [6.07, 6.45) is 0. The summed E-state index contributed by atoms with van der Waals surface area (Å²) in [6, 6.07) is 14.9. The largest absolute Gasteiger partial charge is 0.330 e. The molecular weight excluding hydrogens is 396 g/mol. The van der Waals surface area contributed by atoms with Crippen LogP contribution in [0.2, 0.25) is 0 Å². The van der Waals surface area contributed by atoms with Gasteiger partial charge in [-0.2, -0.15) is 0 Å². The lowest BCUT2D eigenvalue weighted by molar-refractivity contribution is -0.115. The van der Waals surface area contributed by atoms with Gasteiger partial charge in [0.1, 0.15) is 0 Å². The maximum absolute atomic E-state index is 12.5. The molecule has 0 radical (unpaired) electrons. The quantitative estimate of drug-likeness (QED) is 0.360. The lowest BCUT2D eigenvalue weighted by Crippen LogP contribution is -2.22. The van der Waals surface area contributed by atoms with Crippen molar-refractivity contribution in [2.45, 2.75) is 16.5 Å². The molecule has 0 spiro atoms. The Morgan fingerprint density at radius 1 is 1.07 bits per heavy atom. The third kappa shape index (κ3) is 4.24. The second-order valence-corrected chi connectivity index (χ2v) is 8.52. The first kappa shape index (κ1) is 18.3. The summed E-state index contributed by atoms with van der Waals surface area (Å²) in [5, 5.41) is 14.6. The number of carbonyl (C=O) groups is 1. The summed E-state index contributed by atoms with van der Waals surface area (Å²) in [7, 11) is 0. The number of nitrogens with one attached hydrogen (secondary N) is 4. The normalized spacial score (nSPS) is 12.0. The van der Waals surface area contributed by atoms with Gasteiger partial charge >= 0.3 is 5.69 Å². The highest BCUT2D eigenvalue weighted by atomic mass is 32.2. The van der Waals surface area contributed by atoms with Gasteiger partial charge in [0.05, 0.1) is 16.3 Å². The second-order valence-electron chi connectivity index (χ2n) is 5.95. The molecular formula is C18H16N6O2S2. The molecule has 1 unspecified atom stereocenters. The minimum atomic E-state index is -0.363. The highest BCUT2D eigenvalue weighted by molar-refractivity contribution is 8.02. The minimum absolute atomic E-state index is 0.157. The van der Waals surface area contributed by atoms with Crippen LogP contribution in [0.15, 0.2) is 57.7 Å². The molecule has 28 heavy (non-hydrogen) atoms. The van der Waals surface area contributed by atoms with Crippen molar-refractivity contribution >= 4 is 56.5 Å². The van der Waals surface area contributed by atoms with Crippen molar-refractivity contribution in [2.24, 2.45) is 0 Å². The lowest BCUT2D eigenvalue weighted by Gasteiger charge is -2.10. The van der Waals surface area contributed by atoms with Gasteiger partial charge in [0, 0.05) is 11.4 Å². The number of hydrogen-bond donors (Lipinski definition) is 4. The molecule has 0 fully saturated rings. The van der Waals surface area contributed by atoms with E-state index in [9.17, 15) is 9.59 Å². The smallest absolute Gasteiger partial charge is 0.323 e. The van der Waals surface area contributed by atoms with Crippen LogP contribution in [0, 0.1) is 0 Å². The molecule has 4 aromatic rings. The molecule has 0 saturated carbocycles. The van der Waals surface area contributed by atoms with Gasteiger partial charge < -0.3 is 20.6 Å². The molecule has 4 N–H and O–H groups in total. The summed E-state index contributed by atoms with van der Waals surface area (Å²) in [4.78, 5) is 29.2. The van der Waals surface area contributed by atoms with Gasteiger partial charge in [0.25, 0.3) is 0 Å². The third-order valence-corrected chi connectivity index (χ3v) is 5.88. The molecule has 0 aliphatic heterocycles. The predicted octanol–water partition coefficient (Wildman–Crippen LogP) is 3.57. The molecule has 2 heterocycles. The van der Waals surface area contributed by atoms with Crippen molar-refractivity contribution in [1.29, 1.82) is 0 Å². The van der Waals surface area contributed by atoms with Crippen molar-refractivity contribution in [2.75, 3.05) is 10.6 Å². The van der Waals surface area contributed by atoms with Crippen LogP contribution < -0.4 is 16.3 Å². The molecule has 0 bridgehead atoms. The van der Waals surface area contributed by atoms with Gasteiger partial charge in [0.2, 0.25) is 11.0 Å². The molecule has 4 rings (SSSR count). The fourth-order valence-corrected chi connectivity index (χ4v) is 4.43. The zero-order chi connectivity index (χ0) is 19.5. The van der Waals surface area contributed by atoms with E-state index in [0.29, 0.717) is 26.2 Å². The first-order valence-electron chi connectivity index (χ1n) is 8.42. The standard InChI is InChI=1S/C18H16N6O2S2/c1-10(15(25)19-12-7-8-13-14(9-12)22-16(26)21-13)27-18-24-23-17(28-18)20-11-5-3-2-4-6-11/h2-10H,1H3,(H,19,25)(H,20,23)(H2,21,22,26). The van der Waals surface area contributed by atoms with E-state index in [2.05, 4.69) is 30.8 Å². The average Bonchev–Trinajstić information content (AvgIpc) is 3.27. The van der Waals surface area contributed by atoms with E-state index in [1.807, 2.05) is 37.3 Å². The Hall–Kier alpha value is -3.11. The van der Waals surface area contributed by atoms with Crippen LogP contribution in [0.4, 0.5) is 16.5 Å². The summed E-state index contributed by atoms with van der Waals surface area (Å²) < 4.78 is 0.700. The third-order valence-electron chi connectivity index (χ3n) is 3.86. The van der Waals surface area contributed by atoms with Crippen molar-refractivity contribution in [1.82, 2.24) is 20.2 Å². The van der Waals surface area contributed by atoms with Gasteiger partial charge in [0.15, 0.2) is 4.34 Å². The highest BCUT2D eigenvalue weighted by Crippen LogP contribution is 2.30. The fourth-order valence-electron chi connectivity index (χ4n) is 2.51. The molecule has 1 atom stereocenters. The van der Waals surface area contributed by atoms with Crippen LogP contribution >= 0.6 is 23.1 Å². The number of thioether (sulfide) groups is 1. The molecule has 2 aromatic heterocycles. The number of H-pyrrole nitrogens is 2. The van der Waals surface area contributed by atoms with Crippen LogP contribution in [0.25, 0.3) is 11.0 Å². The molecule has 0 aliphatic carbocycles. The summed E-state index contributed by atoms with van der Waals surface area (Å²) in [6.45, 7) is 1.81. The van der Waals surface area contributed by atoms with Crippen LogP contribution in [0.3, 0.4) is 0 Å². The van der Waals surface area contributed by atoms with Crippen molar-refractivity contribution in [3.8, 4) is 0 Å². The Kier molecular flexibility index (Phi) is 5.13. The maximum atomic E-state index is 12.5. The van der Waals surface area contributed by atoms with Gasteiger partial charge in [-0.1, -0.05) is 41.3 Å². The van der Waals surface area contributed by atoms with Crippen molar-refractivity contribution < 1.29 is 4.79 Å². The van der Waals surface area contributed by atoms with Crippen LogP contribution in [0.1, 0.15) is 6.92 Å². The van der Waals surface area contributed by atoms with Crippen LogP contribution in [-0.2, 0) is 4.79 Å². The number of rotatable bonds is 6. The summed E-state index contributed by atoms with van der Waals surface area (Å²) >= 11 is 2.73. The Bertz CT molecular complexity index is 1170. The number of aromatic nitrogens is 4. The topological polar surface area (TPSA) is 116 Å². The first-order valence-corrected chi connectivity index (χ1v) is 10.1. The second kappa shape index (κ2) is 7.87. The molecule has 10 heteroatoms. The highest BCUT2D eigenvalue weighted by Gasteiger charge is 2.18. The average molecular weight is 413 g/mol.